The maximum Gasteiger partial charge on any atom is 0.0583 e. The number of oxime groups is 1. The zero-order chi connectivity index (χ0) is 12.4. The van der Waals surface area contributed by atoms with Crippen LogP contribution in [0, 0.1) is 0 Å². The number of hydrogen-bond donors (Lipinski definition) is 1. The van der Waals surface area contributed by atoms with Crippen LogP contribution in [0.2, 0.25) is 0 Å². The first kappa shape index (κ1) is 3.39. The van der Waals surface area contributed by atoms with Crippen molar-refractivity contribution < 1.29 is 12.1 Å². The summed E-state index contributed by atoms with van der Waals surface area (Å²) in [5.74, 6) is 0. The highest BCUT2D eigenvalue weighted by Gasteiger charge is 1.93. The highest BCUT2D eigenvalue weighted by Crippen LogP contribution is 2.00. The van der Waals surface area contributed by atoms with Gasteiger partial charge in [0.25, 0.3) is 0 Å². The minimum absolute atomic E-state index is 0.138. The van der Waals surface area contributed by atoms with Gasteiger partial charge in [0.1, 0.15) is 0 Å². The first-order valence-electron chi connectivity index (χ1n) is 5.58. The molecular weight excluding hydrogens is 138 g/mol. The molecule has 1 aromatic rings. The average molecular weight is 154 g/mol. The molecule has 0 atom stereocenters. The fourth-order valence-electron chi connectivity index (χ4n) is 0.683. The first-order valence-corrected chi connectivity index (χ1v) is 3.08. The summed E-state index contributed by atoms with van der Waals surface area (Å²) < 4.78 is 36.7. The third-order valence-corrected chi connectivity index (χ3v) is 1.14. The fourth-order valence-corrected chi connectivity index (χ4v) is 0.683. The van der Waals surface area contributed by atoms with E-state index in [4.69, 9.17) is 12.1 Å². The van der Waals surface area contributed by atoms with Gasteiger partial charge < -0.3 is 5.21 Å². The van der Waals surface area contributed by atoms with Crippen LogP contribution in [0.4, 0.5) is 0 Å². The summed E-state index contributed by atoms with van der Waals surface area (Å²) >= 11 is 0. The van der Waals surface area contributed by atoms with E-state index in [9.17, 15) is 0 Å². The van der Waals surface area contributed by atoms with E-state index in [1.54, 1.807) is 18.2 Å². The second kappa shape index (κ2) is 3.76. The van der Waals surface area contributed by atoms with E-state index < -0.39 is 18.9 Å². The predicted octanol–water partition coefficient (Wildman–Crippen LogP) is 2.08. The smallest absolute Gasteiger partial charge is 0.0583 e. The third-order valence-electron chi connectivity index (χ3n) is 1.14. The number of benzene rings is 1. The summed E-state index contributed by atoms with van der Waals surface area (Å²) in [6.45, 7) is -2.77. The van der Waals surface area contributed by atoms with Crippen LogP contribution in [0.15, 0.2) is 35.5 Å². The van der Waals surface area contributed by atoms with E-state index in [0.29, 0.717) is 0 Å². The lowest BCUT2D eigenvalue weighted by molar-refractivity contribution is 0.317. The zero-order valence-corrected chi connectivity index (χ0v) is 5.78. The highest BCUT2D eigenvalue weighted by molar-refractivity contribution is 5.83. The molecule has 1 aromatic carbocycles. The molecule has 1 rings (SSSR count). The molecular formula is C9H11NO. The Bertz CT molecular complexity index is 385. The minimum atomic E-state index is -2.77. The molecule has 11 heavy (non-hydrogen) atoms. The molecule has 0 heterocycles. The molecule has 0 bridgehead atoms. The highest BCUT2D eigenvalue weighted by atomic mass is 16.4. The van der Waals surface area contributed by atoms with Crippen LogP contribution in [-0.4, -0.2) is 10.9 Å². The van der Waals surface area contributed by atoms with E-state index in [2.05, 4.69) is 5.16 Å². The molecule has 0 unspecified atom stereocenters. The Labute approximate surface area is 73.2 Å². The van der Waals surface area contributed by atoms with Crippen molar-refractivity contribution in [2.75, 3.05) is 0 Å². The normalized spacial score (nSPS) is 20.7. The summed E-state index contributed by atoms with van der Waals surface area (Å²) in [5, 5.41) is 11.2. The van der Waals surface area contributed by atoms with Crippen molar-refractivity contribution in [3.8, 4) is 0 Å². The van der Waals surface area contributed by atoms with Crippen molar-refractivity contribution in [2.45, 2.75) is 13.2 Å². The second-order valence-corrected chi connectivity index (χ2v) is 1.94. The number of hydrogen-bond acceptors (Lipinski definition) is 2. The summed E-state index contributed by atoms with van der Waals surface area (Å²) in [6.07, 6.45) is -2.32. The van der Waals surface area contributed by atoms with Gasteiger partial charge in [-0.25, -0.2) is 0 Å². The van der Waals surface area contributed by atoms with Crippen molar-refractivity contribution in [1.29, 1.82) is 0 Å². The molecule has 0 saturated carbocycles. The summed E-state index contributed by atoms with van der Waals surface area (Å²) in [7, 11) is 0. The monoisotopic (exact) mass is 154 g/mol. The van der Waals surface area contributed by atoms with E-state index in [0.717, 1.165) is 0 Å². The molecule has 0 aliphatic rings. The second-order valence-electron chi connectivity index (χ2n) is 1.94. The van der Waals surface area contributed by atoms with Crippen molar-refractivity contribution >= 4 is 5.71 Å². The SMILES string of the molecule is [2H]C([2H])([2H])/C(=N\O)C([2H])([2H])c1ccccc1. The molecule has 1 N–H and O–H groups in total. The van der Waals surface area contributed by atoms with Gasteiger partial charge in [-0.05, 0) is 12.4 Å². The molecule has 0 saturated heterocycles. The lowest BCUT2D eigenvalue weighted by Crippen LogP contribution is -1.96. The molecule has 0 aromatic heterocycles. The third kappa shape index (κ3) is 2.42. The van der Waals surface area contributed by atoms with Gasteiger partial charge in [0.05, 0.1) is 5.71 Å². The maximum atomic E-state index is 8.65. The van der Waals surface area contributed by atoms with E-state index in [-0.39, 0.29) is 5.56 Å². The Hall–Kier alpha value is -1.31. The Balaban J connectivity index is 3.21. The molecule has 58 valence electrons. The standard InChI is InChI=1S/C9H11NO/c1-8(10-11)7-9-5-3-2-4-6-9/h2-6,11H,7H2,1H3/b10-8+/i1D3,7D2. The maximum absolute atomic E-state index is 8.65. The molecule has 0 fully saturated rings. The van der Waals surface area contributed by atoms with Crippen LogP contribution in [0.5, 0.6) is 0 Å². The fraction of sp³-hybridized carbons (Fsp3) is 0.222. The van der Waals surface area contributed by atoms with Crippen molar-refractivity contribution in [1.82, 2.24) is 0 Å². The van der Waals surface area contributed by atoms with Crippen LogP contribution >= 0.6 is 0 Å². The van der Waals surface area contributed by atoms with E-state index in [1.165, 1.54) is 12.1 Å². The summed E-state index contributed by atoms with van der Waals surface area (Å²) in [5.41, 5.74) is -0.731. The van der Waals surface area contributed by atoms with Gasteiger partial charge in [0.2, 0.25) is 0 Å². The van der Waals surface area contributed by atoms with Crippen molar-refractivity contribution in [3.05, 3.63) is 35.9 Å². The molecule has 0 aliphatic carbocycles. The van der Waals surface area contributed by atoms with Gasteiger partial charge in [-0.1, -0.05) is 35.5 Å². The van der Waals surface area contributed by atoms with Gasteiger partial charge in [0, 0.05) is 13.2 Å². The first-order chi connectivity index (χ1) is 7.30. The van der Waals surface area contributed by atoms with Crippen molar-refractivity contribution in [2.24, 2.45) is 5.16 Å². The number of nitrogens with zero attached hydrogens (tertiary/aromatic N) is 1. The van der Waals surface area contributed by atoms with Crippen LogP contribution in [-0.2, 0) is 6.37 Å². The lowest BCUT2D eigenvalue weighted by atomic mass is 10.1. The van der Waals surface area contributed by atoms with Gasteiger partial charge in [-0.15, -0.1) is 0 Å². The van der Waals surface area contributed by atoms with Gasteiger partial charge in [-0.3, -0.25) is 0 Å². The quantitative estimate of drug-likeness (QED) is 0.395. The lowest BCUT2D eigenvalue weighted by Gasteiger charge is -1.96. The van der Waals surface area contributed by atoms with E-state index >= 15 is 0 Å². The van der Waals surface area contributed by atoms with Crippen molar-refractivity contribution in [3.63, 3.8) is 0 Å². The zero-order valence-electron chi connectivity index (χ0n) is 10.8. The van der Waals surface area contributed by atoms with Gasteiger partial charge >= 0.3 is 0 Å². The van der Waals surface area contributed by atoms with Crippen LogP contribution in [0.3, 0.4) is 0 Å². The Morgan fingerprint density at radius 2 is 2.36 bits per heavy atom. The van der Waals surface area contributed by atoms with Crippen LogP contribution in [0.1, 0.15) is 19.3 Å². The Kier molecular flexibility index (Phi) is 1.16. The minimum Gasteiger partial charge on any atom is -0.411 e. The molecule has 0 amide bonds. The molecule has 0 spiro atoms. The molecule has 0 aliphatic heterocycles. The van der Waals surface area contributed by atoms with E-state index in [1.807, 2.05) is 0 Å². The Morgan fingerprint density at radius 1 is 1.64 bits per heavy atom. The van der Waals surface area contributed by atoms with Gasteiger partial charge in [-0.2, -0.15) is 0 Å². The average Bonchev–Trinajstić information content (AvgIpc) is 2.17. The Morgan fingerprint density at radius 3 is 2.91 bits per heavy atom. The molecule has 2 nitrogen and oxygen atoms in total. The molecule has 0 radical (unpaired) electrons. The largest absolute Gasteiger partial charge is 0.411 e. The predicted molar refractivity (Wildman–Crippen MR) is 45.0 cm³/mol. The van der Waals surface area contributed by atoms with Crippen LogP contribution in [0.25, 0.3) is 0 Å². The molecule has 2 heteroatoms. The summed E-state index contributed by atoms with van der Waals surface area (Å²) in [4.78, 5) is 0. The summed E-state index contributed by atoms with van der Waals surface area (Å²) in [6, 6.07) is 7.74. The number of rotatable bonds is 2. The van der Waals surface area contributed by atoms with Crippen LogP contribution < -0.4 is 0 Å². The topological polar surface area (TPSA) is 32.6 Å². The van der Waals surface area contributed by atoms with Gasteiger partial charge in [0.15, 0.2) is 0 Å².